The van der Waals surface area contributed by atoms with Crippen LogP contribution in [0.4, 0.5) is 11.5 Å². The van der Waals surface area contributed by atoms with Gasteiger partial charge in [0.2, 0.25) is 0 Å². The Morgan fingerprint density at radius 1 is 1.38 bits per heavy atom. The van der Waals surface area contributed by atoms with Gasteiger partial charge in [0.1, 0.15) is 11.5 Å². The number of aliphatic hydroxyl groups is 1. The Kier molecular flexibility index (Phi) is 4.41. The first kappa shape index (κ1) is 15.6. The summed E-state index contributed by atoms with van der Waals surface area (Å²) in [7, 11) is 1.46. The summed E-state index contributed by atoms with van der Waals surface area (Å²) in [5.74, 6) is 0.438. The Labute approximate surface area is 123 Å². The summed E-state index contributed by atoms with van der Waals surface area (Å²) >= 11 is 0. The molecule has 1 aliphatic rings. The molecule has 118 valence electrons. The number of rotatable bonds is 3. The highest BCUT2D eigenvalue weighted by Gasteiger charge is 2.25. The number of nitrogens with zero attached hydrogens (tertiary/aromatic N) is 3. The molecule has 21 heavy (non-hydrogen) atoms. The van der Waals surface area contributed by atoms with Gasteiger partial charge in [0, 0.05) is 26.7 Å². The number of anilines is 2. The largest absolute Gasteiger partial charge is 0.391 e. The van der Waals surface area contributed by atoms with Gasteiger partial charge in [0.25, 0.3) is 5.56 Å². The molecule has 1 fully saturated rings. The average Bonchev–Trinajstić information content (AvgIpc) is 2.41. The molecule has 0 amide bonds. The minimum atomic E-state index is -0.465. The number of aromatic nitrogens is 2. The van der Waals surface area contributed by atoms with Crippen LogP contribution in [-0.4, -0.2) is 33.4 Å². The van der Waals surface area contributed by atoms with Crippen molar-refractivity contribution in [3.8, 4) is 0 Å². The zero-order chi connectivity index (χ0) is 15.7. The molecule has 0 aromatic carbocycles. The monoisotopic (exact) mass is 296 g/mol. The first-order valence-electron chi connectivity index (χ1n) is 7.35. The maximum atomic E-state index is 12.4. The second kappa shape index (κ2) is 5.93. The second-order valence-electron chi connectivity index (χ2n) is 6.13. The van der Waals surface area contributed by atoms with E-state index in [1.807, 2.05) is 13.8 Å². The number of nitrogen functional groups attached to an aromatic ring is 1. The van der Waals surface area contributed by atoms with Crippen LogP contribution in [0, 0.1) is 5.92 Å². The lowest BCUT2D eigenvalue weighted by atomic mass is 10.1. The Morgan fingerprint density at radius 3 is 2.62 bits per heavy atom. The Morgan fingerprint density at radius 2 is 2.05 bits per heavy atom. The van der Waals surface area contributed by atoms with Crippen LogP contribution in [-0.2, 0) is 13.6 Å². The summed E-state index contributed by atoms with van der Waals surface area (Å²) in [4.78, 5) is 26.4. The molecule has 0 radical (unpaired) electrons. The molecule has 0 saturated carbocycles. The van der Waals surface area contributed by atoms with Gasteiger partial charge in [0.15, 0.2) is 0 Å². The zero-order valence-corrected chi connectivity index (χ0v) is 12.9. The summed E-state index contributed by atoms with van der Waals surface area (Å²) < 4.78 is 2.54. The smallest absolute Gasteiger partial charge is 0.332 e. The van der Waals surface area contributed by atoms with Crippen molar-refractivity contribution in [2.75, 3.05) is 23.7 Å². The number of β-amino-alcohol motifs (C(OH)–C–C–N with tert-alkyl or cyclic N) is 1. The lowest BCUT2D eigenvalue weighted by Gasteiger charge is -2.32. The summed E-state index contributed by atoms with van der Waals surface area (Å²) in [6.07, 6.45) is 1.06. The molecule has 0 bridgehead atoms. The highest BCUT2D eigenvalue weighted by Crippen LogP contribution is 2.22. The molecule has 1 saturated heterocycles. The zero-order valence-electron chi connectivity index (χ0n) is 12.9. The highest BCUT2D eigenvalue weighted by molar-refractivity contribution is 5.63. The van der Waals surface area contributed by atoms with E-state index in [1.165, 1.54) is 11.6 Å². The molecular formula is C14H24N4O3. The van der Waals surface area contributed by atoms with Crippen molar-refractivity contribution in [2.45, 2.75) is 39.3 Å². The van der Waals surface area contributed by atoms with E-state index in [0.29, 0.717) is 25.3 Å². The minimum Gasteiger partial charge on any atom is -0.391 e. The van der Waals surface area contributed by atoms with Gasteiger partial charge in [-0.2, -0.15) is 0 Å². The third-order valence-corrected chi connectivity index (χ3v) is 3.82. The standard InChI is InChI=1S/C14H24N4O3/c1-9(2)7-18-12(15)11(13(20)16(3)14(18)21)17-6-4-5-10(19)8-17/h9-10,19H,4-8,15H2,1-3H3. The van der Waals surface area contributed by atoms with Crippen LogP contribution in [0.5, 0.6) is 0 Å². The first-order valence-corrected chi connectivity index (χ1v) is 7.35. The summed E-state index contributed by atoms with van der Waals surface area (Å²) in [5.41, 5.74) is 5.64. The predicted molar refractivity (Wildman–Crippen MR) is 82.6 cm³/mol. The van der Waals surface area contributed by atoms with Crippen LogP contribution in [0.25, 0.3) is 0 Å². The molecule has 1 aliphatic heterocycles. The quantitative estimate of drug-likeness (QED) is 0.802. The van der Waals surface area contributed by atoms with Crippen molar-refractivity contribution in [3.63, 3.8) is 0 Å². The van der Waals surface area contributed by atoms with Crippen molar-refractivity contribution in [2.24, 2.45) is 13.0 Å². The third kappa shape index (κ3) is 2.97. The Bertz CT molecular complexity index is 632. The fourth-order valence-corrected chi connectivity index (χ4v) is 2.76. The molecule has 1 unspecified atom stereocenters. The van der Waals surface area contributed by atoms with E-state index in [0.717, 1.165) is 17.4 Å². The van der Waals surface area contributed by atoms with E-state index in [-0.39, 0.29) is 11.7 Å². The molecule has 3 N–H and O–H groups in total. The molecule has 2 heterocycles. The SMILES string of the molecule is CC(C)Cn1c(N)c(N2CCCC(O)C2)c(=O)n(C)c1=O. The van der Waals surface area contributed by atoms with Crippen LogP contribution in [0.2, 0.25) is 0 Å². The van der Waals surface area contributed by atoms with Gasteiger partial charge >= 0.3 is 5.69 Å². The normalized spacial score (nSPS) is 19.3. The average molecular weight is 296 g/mol. The molecule has 1 aromatic heterocycles. The van der Waals surface area contributed by atoms with Gasteiger partial charge in [-0.1, -0.05) is 13.8 Å². The van der Waals surface area contributed by atoms with Gasteiger partial charge in [-0.15, -0.1) is 0 Å². The van der Waals surface area contributed by atoms with Gasteiger partial charge in [-0.25, -0.2) is 4.79 Å². The predicted octanol–water partition coefficient (Wildman–Crippen LogP) is -0.254. The van der Waals surface area contributed by atoms with E-state index in [4.69, 9.17) is 5.73 Å². The number of hydrogen-bond acceptors (Lipinski definition) is 5. The molecule has 7 nitrogen and oxygen atoms in total. The number of piperidine rings is 1. The van der Waals surface area contributed by atoms with Crippen molar-refractivity contribution in [3.05, 3.63) is 20.8 Å². The summed E-state index contributed by atoms with van der Waals surface area (Å²) in [6, 6.07) is 0. The summed E-state index contributed by atoms with van der Waals surface area (Å²) in [6.45, 7) is 5.47. The van der Waals surface area contributed by atoms with E-state index < -0.39 is 17.4 Å². The lowest BCUT2D eigenvalue weighted by Crippen LogP contribution is -2.47. The van der Waals surface area contributed by atoms with E-state index in [1.54, 1.807) is 4.90 Å². The molecule has 1 aromatic rings. The molecular weight excluding hydrogens is 272 g/mol. The fourth-order valence-electron chi connectivity index (χ4n) is 2.76. The third-order valence-electron chi connectivity index (χ3n) is 3.82. The molecule has 1 atom stereocenters. The molecule has 2 rings (SSSR count). The number of aliphatic hydroxyl groups excluding tert-OH is 1. The number of nitrogens with two attached hydrogens (primary N) is 1. The maximum absolute atomic E-state index is 12.4. The maximum Gasteiger partial charge on any atom is 0.332 e. The van der Waals surface area contributed by atoms with Crippen molar-refractivity contribution in [1.82, 2.24) is 9.13 Å². The van der Waals surface area contributed by atoms with Crippen molar-refractivity contribution < 1.29 is 5.11 Å². The first-order chi connectivity index (χ1) is 9.82. The minimum absolute atomic E-state index is 0.200. The number of hydrogen-bond donors (Lipinski definition) is 2. The van der Waals surface area contributed by atoms with E-state index >= 15 is 0 Å². The van der Waals surface area contributed by atoms with Crippen LogP contribution < -0.4 is 21.9 Å². The second-order valence-corrected chi connectivity index (χ2v) is 6.13. The van der Waals surface area contributed by atoms with Crippen LogP contribution in [0.1, 0.15) is 26.7 Å². The van der Waals surface area contributed by atoms with Crippen LogP contribution in [0.15, 0.2) is 9.59 Å². The van der Waals surface area contributed by atoms with Crippen LogP contribution in [0.3, 0.4) is 0 Å². The topological polar surface area (TPSA) is 93.5 Å². The van der Waals surface area contributed by atoms with Gasteiger partial charge in [0.05, 0.1) is 6.10 Å². The van der Waals surface area contributed by atoms with E-state index in [9.17, 15) is 14.7 Å². The van der Waals surface area contributed by atoms with E-state index in [2.05, 4.69) is 0 Å². The Hall–Kier alpha value is -1.76. The van der Waals surface area contributed by atoms with Gasteiger partial charge in [-0.05, 0) is 18.8 Å². The highest BCUT2D eigenvalue weighted by atomic mass is 16.3. The van der Waals surface area contributed by atoms with Gasteiger partial charge < -0.3 is 15.7 Å². The molecule has 0 aliphatic carbocycles. The van der Waals surface area contributed by atoms with Gasteiger partial charge in [-0.3, -0.25) is 13.9 Å². The van der Waals surface area contributed by atoms with Crippen molar-refractivity contribution in [1.29, 1.82) is 0 Å². The lowest BCUT2D eigenvalue weighted by molar-refractivity contribution is 0.154. The molecule has 0 spiro atoms. The van der Waals surface area contributed by atoms with Crippen molar-refractivity contribution >= 4 is 11.5 Å². The molecule has 7 heteroatoms. The Balaban J connectivity index is 2.57. The summed E-state index contributed by atoms with van der Waals surface area (Å²) in [5, 5.41) is 9.80. The fraction of sp³-hybridized carbons (Fsp3) is 0.714. The van der Waals surface area contributed by atoms with Crippen LogP contribution >= 0.6 is 0 Å².